The molecule has 1 aromatic heterocycles. The zero-order chi connectivity index (χ0) is 23.8. The minimum absolute atomic E-state index is 0.0537. The molecule has 0 radical (unpaired) electrons. The quantitative estimate of drug-likeness (QED) is 0.647. The molecule has 3 aromatic rings. The zero-order valence-corrected chi connectivity index (χ0v) is 19.5. The normalized spacial score (nSPS) is 18.4. The van der Waals surface area contributed by atoms with Crippen LogP contribution < -0.4 is 4.90 Å². The molecule has 0 saturated carbocycles. The lowest BCUT2D eigenvalue weighted by molar-refractivity contribution is 0.0546. The van der Waals surface area contributed by atoms with E-state index in [4.69, 9.17) is 0 Å². The molecule has 176 valence electrons. The number of piperidine rings is 1. The van der Waals surface area contributed by atoms with E-state index in [1.807, 2.05) is 61.0 Å². The highest BCUT2D eigenvalue weighted by molar-refractivity contribution is 6.08. The Kier molecular flexibility index (Phi) is 5.91. The molecule has 0 aliphatic carbocycles. The van der Waals surface area contributed by atoms with Gasteiger partial charge in [0.2, 0.25) is 0 Å². The van der Waals surface area contributed by atoms with Gasteiger partial charge in [-0.15, -0.1) is 0 Å². The number of likely N-dealkylation sites (tertiary alicyclic amines) is 1. The Bertz CT molecular complexity index is 1200. The maximum Gasteiger partial charge on any atom is 0.258 e. The van der Waals surface area contributed by atoms with Crippen molar-refractivity contribution in [3.05, 3.63) is 77.4 Å². The van der Waals surface area contributed by atoms with Crippen LogP contribution in [0.4, 0.5) is 5.69 Å². The first-order chi connectivity index (χ1) is 16.4. The molecule has 2 aliphatic heterocycles. The van der Waals surface area contributed by atoms with E-state index in [-0.39, 0.29) is 29.9 Å². The van der Waals surface area contributed by atoms with Gasteiger partial charge in [0, 0.05) is 42.5 Å². The highest BCUT2D eigenvalue weighted by atomic mass is 16.3. The molecule has 8 nitrogen and oxygen atoms in total. The molecule has 2 aliphatic rings. The van der Waals surface area contributed by atoms with Crippen molar-refractivity contribution in [2.45, 2.75) is 44.8 Å². The van der Waals surface area contributed by atoms with Gasteiger partial charge in [0.15, 0.2) is 5.82 Å². The van der Waals surface area contributed by atoms with Crippen LogP contribution in [-0.2, 0) is 0 Å². The van der Waals surface area contributed by atoms with Crippen LogP contribution in [0.3, 0.4) is 0 Å². The number of aromatic nitrogens is 3. The summed E-state index contributed by atoms with van der Waals surface area (Å²) in [6, 6.07) is 14.9. The fourth-order valence-electron chi connectivity index (χ4n) is 4.69. The first-order valence-corrected chi connectivity index (χ1v) is 11.8. The molecular formula is C26H29N5O3. The maximum absolute atomic E-state index is 13.4. The maximum atomic E-state index is 13.4. The minimum atomic E-state index is -0.340. The summed E-state index contributed by atoms with van der Waals surface area (Å²) in [5.41, 5.74) is 2.86. The summed E-state index contributed by atoms with van der Waals surface area (Å²) in [5.74, 6) is 0.279. The predicted octanol–water partition coefficient (Wildman–Crippen LogP) is 3.25. The van der Waals surface area contributed by atoms with E-state index in [2.05, 4.69) is 10.1 Å². The predicted molar refractivity (Wildman–Crippen MR) is 128 cm³/mol. The second kappa shape index (κ2) is 9.02. The molecule has 1 atom stereocenters. The number of aliphatic hydroxyl groups excluding tert-OH is 1. The molecule has 34 heavy (non-hydrogen) atoms. The van der Waals surface area contributed by atoms with Crippen LogP contribution >= 0.6 is 0 Å². The Balaban J connectivity index is 1.51. The molecule has 0 bridgehead atoms. The van der Waals surface area contributed by atoms with Crippen molar-refractivity contribution in [2.75, 3.05) is 24.5 Å². The number of carbonyl (C=O) groups is 2. The van der Waals surface area contributed by atoms with Gasteiger partial charge in [-0.1, -0.05) is 18.2 Å². The lowest BCUT2D eigenvalue weighted by Crippen LogP contribution is -2.40. The number of fused-ring (bicyclic) bond motifs is 1. The van der Waals surface area contributed by atoms with Crippen LogP contribution in [0.25, 0.3) is 0 Å². The SMILES string of the molecule is CC(C)n1cnc(C2CN(C(=O)c3ccccc3)c3ccc(C(=O)N4CCC(O)CC4)cc32)n1. The summed E-state index contributed by atoms with van der Waals surface area (Å²) >= 11 is 0. The van der Waals surface area contributed by atoms with Crippen molar-refractivity contribution >= 4 is 17.5 Å². The number of nitrogens with zero attached hydrogens (tertiary/aromatic N) is 5. The standard InChI is InChI=1S/C26H29N5O3/c1-17(2)31-16-27-24(28-31)22-15-30(26(34)18-6-4-3-5-7-18)23-9-8-19(14-21(22)23)25(33)29-12-10-20(32)11-13-29/h3-9,14,16-17,20,22,32H,10-13,15H2,1-2H3. The minimum Gasteiger partial charge on any atom is -0.393 e. The van der Waals surface area contributed by atoms with Gasteiger partial charge in [-0.3, -0.25) is 14.3 Å². The van der Waals surface area contributed by atoms with E-state index < -0.39 is 0 Å². The van der Waals surface area contributed by atoms with E-state index in [0.29, 0.717) is 49.4 Å². The van der Waals surface area contributed by atoms with Crippen molar-refractivity contribution in [2.24, 2.45) is 0 Å². The molecule has 1 saturated heterocycles. The van der Waals surface area contributed by atoms with E-state index >= 15 is 0 Å². The van der Waals surface area contributed by atoms with Gasteiger partial charge in [0.05, 0.1) is 12.0 Å². The van der Waals surface area contributed by atoms with Gasteiger partial charge in [-0.05, 0) is 62.6 Å². The summed E-state index contributed by atoms with van der Waals surface area (Å²) in [6.45, 7) is 5.58. The van der Waals surface area contributed by atoms with E-state index in [0.717, 1.165) is 11.3 Å². The molecule has 2 amide bonds. The fourth-order valence-corrected chi connectivity index (χ4v) is 4.69. The zero-order valence-electron chi connectivity index (χ0n) is 19.5. The average molecular weight is 460 g/mol. The van der Waals surface area contributed by atoms with Crippen LogP contribution in [0.5, 0.6) is 0 Å². The number of amides is 2. The monoisotopic (exact) mass is 459 g/mol. The smallest absolute Gasteiger partial charge is 0.258 e. The lowest BCUT2D eigenvalue weighted by Gasteiger charge is -2.29. The molecule has 8 heteroatoms. The van der Waals surface area contributed by atoms with E-state index in [9.17, 15) is 14.7 Å². The number of rotatable bonds is 4. The van der Waals surface area contributed by atoms with Crippen molar-refractivity contribution in [3.63, 3.8) is 0 Å². The molecule has 0 spiro atoms. The molecule has 3 heterocycles. The summed E-state index contributed by atoms with van der Waals surface area (Å²) in [6.07, 6.45) is 2.56. The molecule has 1 N–H and O–H groups in total. The van der Waals surface area contributed by atoms with Crippen LogP contribution in [0.1, 0.15) is 70.8 Å². The average Bonchev–Trinajstić information content (AvgIpc) is 3.49. The van der Waals surface area contributed by atoms with Crippen molar-refractivity contribution in [1.29, 1.82) is 0 Å². The Morgan fingerprint density at radius 2 is 1.74 bits per heavy atom. The van der Waals surface area contributed by atoms with Crippen LogP contribution in [-0.4, -0.2) is 62.3 Å². The number of carbonyl (C=O) groups excluding carboxylic acids is 2. The van der Waals surface area contributed by atoms with E-state index in [1.54, 1.807) is 22.2 Å². The summed E-state index contributed by atoms with van der Waals surface area (Å²) in [5, 5.41) is 14.5. The van der Waals surface area contributed by atoms with Crippen LogP contribution in [0, 0.1) is 0 Å². The molecule has 2 aromatic carbocycles. The number of anilines is 1. The second-order valence-corrected chi connectivity index (χ2v) is 9.31. The molecule has 1 fully saturated rings. The van der Waals surface area contributed by atoms with Gasteiger partial charge in [-0.25, -0.2) is 4.98 Å². The first kappa shape index (κ1) is 22.3. The Morgan fingerprint density at radius 3 is 2.41 bits per heavy atom. The topological polar surface area (TPSA) is 91.6 Å². The third kappa shape index (κ3) is 4.09. The second-order valence-electron chi connectivity index (χ2n) is 9.31. The molecular weight excluding hydrogens is 430 g/mol. The van der Waals surface area contributed by atoms with Gasteiger partial charge >= 0.3 is 0 Å². The Labute approximate surface area is 198 Å². The first-order valence-electron chi connectivity index (χ1n) is 11.8. The van der Waals surface area contributed by atoms with Crippen molar-refractivity contribution in [3.8, 4) is 0 Å². The fraction of sp³-hybridized carbons (Fsp3) is 0.385. The highest BCUT2D eigenvalue weighted by Crippen LogP contribution is 2.40. The largest absolute Gasteiger partial charge is 0.393 e. The third-order valence-electron chi connectivity index (χ3n) is 6.69. The van der Waals surface area contributed by atoms with Gasteiger partial charge in [0.1, 0.15) is 6.33 Å². The van der Waals surface area contributed by atoms with Crippen LogP contribution in [0.2, 0.25) is 0 Å². The number of benzene rings is 2. The number of aliphatic hydroxyl groups is 1. The van der Waals surface area contributed by atoms with Gasteiger partial charge in [0.25, 0.3) is 11.8 Å². The lowest BCUT2D eigenvalue weighted by atomic mass is 9.97. The number of hydrogen-bond acceptors (Lipinski definition) is 5. The molecule has 1 unspecified atom stereocenters. The number of hydrogen-bond donors (Lipinski definition) is 1. The summed E-state index contributed by atoms with van der Waals surface area (Å²) < 4.78 is 1.81. The van der Waals surface area contributed by atoms with Crippen molar-refractivity contribution < 1.29 is 14.7 Å². The van der Waals surface area contributed by atoms with E-state index in [1.165, 1.54) is 0 Å². The van der Waals surface area contributed by atoms with Crippen molar-refractivity contribution in [1.82, 2.24) is 19.7 Å². The van der Waals surface area contributed by atoms with Gasteiger partial charge < -0.3 is 14.9 Å². The van der Waals surface area contributed by atoms with Gasteiger partial charge in [-0.2, -0.15) is 5.10 Å². The summed E-state index contributed by atoms with van der Waals surface area (Å²) in [7, 11) is 0. The highest BCUT2D eigenvalue weighted by Gasteiger charge is 2.37. The third-order valence-corrected chi connectivity index (χ3v) is 6.69. The van der Waals surface area contributed by atoms with Crippen LogP contribution in [0.15, 0.2) is 54.9 Å². The molecule has 5 rings (SSSR count). The Morgan fingerprint density at radius 1 is 1.00 bits per heavy atom. The Hall–Kier alpha value is -3.52. The summed E-state index contributed by atoms with van der Waals surface area (Å²) in [4.78, 5) is 34.7.